The van der Waals surface area contributed by atoms with E-state index in [4.69, 9.17) is 0 Å². The van der Waals surface area contributed by atoms with E-state index < -0.39 is 0 Å². The molecule has 1 aliphatic heterocycles. The summed E-state index contributed by atoms with van der Waals surface area (Å²) < 4.78 is 3.65. The van der Waals surface area contributed by atoms with E-state index >= 15 is 0 Å². The third-order valence-corrected chi connectivity index (χ3v) is 5.20. The van der Waals surface area contributed by atoms with Crippen molar-refractivity contribution in [2.75, 3.05) is 11.4 Å². The molecule has 4 heterocycles. The maximum Gasteiger partial charge on any atom is 0.266 e. The number of anilines is 1. The molecule has 2 fully saturated rings. The third-order valence-electron chi connectivity index (χ3n) is 5.20. The summed E-state index contributed by atoms with van der Waals surface area (Å²) in [5.41, 5.74) is 1.87. The van der Waals surface area contributed by atoms with Gasteiger partial charge >= 0.3 is 0 Å². The molecule has 0 spiro atoms. The van der Waals surface area contributed by atoms with E-state index in [1.807, 2.05) is 34.9 Å². The van der Waals surface area contributed by atoms with Gasteiger partial charge in [-0.3, -0.25) is 9.20 Å². The van der Waals surface area contributed by atoms with E-state index in [9.17, 15) is 4.79 Å². The Bertz CT molecular complexity index is 973. The van der Waals surface area contributed by atoms with Crippen LogP contribution in [0.4, 0.5) is 5.95 Å². The van der Waals surface area contributed by atoms with Crippen LogP contribution in [0.3, 0.4) is 0 Å². The van der Waals surface area contributed by atoms with Gasteiger partial charge in [0.1, 0.15) is 0 Å². The standard InChI is InChI=1S/C18H20N6O/c25-17-9-8-15(13-6-7-13)21-24(17)12-14-4-3-11-22(14)18-20-19-16-5-1-2-10-23(16)18/h1-2,5,8-10,13-14H,3-4,6-7,11-12H2. The highest BCUT2D eigenvalue weighted by molar-refractivity contribution is 5.47. The molecule has 1 saturated carbocycles. The van der Waals surface area contributed by atoms with Crippen molar-refractivity contribution < 1.29 is 0 Å². The normalized spacial score (nSPS) is 20.5. The zero-order chi connectivity index (χ0) is 16.8. The zero-order valence-corrected chi connectivity index (χ0v) is 14.0. The summed E-state index contributed by atoms with van der Waals surface area (Å²) in [5, 5.41) is 13.2. The molecule has 3 aromatic heterocycles. The minimum absolute atomic E-state index is 0.0256. The van der Waals surface area contributed by atoms with Crippen LogP contribution in [0.25, 0.3) is 5.65 Å². The Labute approximate surface area is 144 Å². The predicted octanol–water partition coefficient (Wildman–Crippen LogP) is 1.83. The van der Waals surface area contributed by atoms with Crippen LogP contribution in [-0.2, 0) is 6.54 Å². The van der Waals surface area contributed by atoms with Crippen LogP contribution < -0.4 is 10.5 Å². The molecule has 2 aliphatic rings. The number of fused-ring (bicyclic) bond motifs is 1. The monoisotopic (exact) mass is 336 g/mol. The van der Waals surface area contributed by atoms with E-state index in [1.165, 1.54) is 12.8 Å². The first-order chi connectivity index (χ1) is 12.3. The number of aromatic nitrogens is 5. The fourth-order valence-electron chi connectivity index (χ4n) is 3.71. The summed E-state index contributed by atoms with van der Waals surface area (Å²) >= 11 is 0. The fourth-order valence-corrected chi connectivity index (χ4v) is 3.71. The van der Waals surface area contributed by atoms with Crippen molar-refractivity contribution in [3.63, 3.8) is 0 Å². The molecule has 0 N–H and O–H groups in total. The summed E-state index contributed by atoms with van der Waals surface area (Å²) in [6, 6.07) is 9.65. The Morgan fingerprint density at radius 1 is 1.08 bits per heavy atom. The SMILES string of the molecule is O=c1ccc(C2CC2)nn1CC1CCCN1c1nnc2ccccn12. The second-order valence-electron chi connectivity index (χ2n) is 6.97. The number of hydrogen-bond donors (Lipinski definition) is 0. The second-order valence-corrected chi connectivity index (χ2v) is 6.97. The van der Waals surface area contributed by atoms with Gasteiger partial charge in [-0.2, -0.15) is 5.10 Å². The van der Waals surface area contributed by atoms with Crippen molar-refractivity contribution in [2.24, 2.45) is 0 Å². The van der Waals surface area contributed by atoms with Gasteiger partial charge in [0.2, 0.25) is 5.95 Å². The van der Waals surface area contributed by atoms with Gasteiger partial charge in [-0.05, 0) is 43.9 Å². The molecule has 7 nitrogen and oxygen atoms in total. The molecule has 25 heavy (non-hydrogen) atoms. The highest BCUT2D eigenvalue weighted by Gasteiger charge is 2.30. The summed E-state index contributed by atoms with van der Waals surface area (Å²) in [6.07, 6.45) is 6.48. The van der Waals surface area contributed by atoms with Crippen molar-refractivity contribution >= 4 is 11.6 Å². The molecule has 0 radical (unpaired) electrons. The van der Waals surface area contributed by atoms with Crippen molar-refractivity contribution in [1.29, 1.82) is 0 Å². The average molecular weight is 336 g/mol. The first-order valence-corrected chi connectivity index (χ1v) is 8.94. The van der Waals surface area contributed by atoms with Crippen LogP contribution in [0.1, 0.15) is 37.3 Å². The predicted molar refractivity (Wildman–Crippen MR) is 93.8 cm³/mol. The number of hydrogen-bond acceptors (Lipinski definition) is 5. The average Bonchev–Trinajstić information content (AvgIpc) is 3.24. The molecule has 0 aromatic carbocycles. The summed E-state index contributed by atoms with van der Waals surface area (Å²) in [7, 11) is 0. The van der Waals surface area contributed by atoms with Crippen LogP contribution >= 0.6 is 0 Å². The Balaban J connectivity index is 1.45. The Hall–Kier alpha value is -2.70. The van der Waals surface area contributed by atoms with Crippen LogP contribution in [0.2, 0.25) is 0 Å². The molecule has 5 rings (SSSR count). The van der Waals surface area contributed by atoms with E-state index in [2.05, 4.69) is 20.2 Å². The largest absolute Gasteiger partial charge is 0.336 e. The highest BCUT2D eigenvalue weighted by Crippen LogP contribution is 2.38. The number of rotatable bonds is 4. The smallest absolute Gasteiger partial charge is 0.266 e. The molecule has 1 unspecified atom stereocenters. The lowest BCUT2D eigenvalue weighted by atomic mass is 10.2. The van der Waals surface area contributed by atoms with E-state index in [0.717, 1.165) is 36.7 Å². The zero-order valence-electron chi connectivity index (χ0n) is 14.0. The van der Waals surface area contributed by atoms with Crippen LogP contribution in [0.5, 0.6) is 0 Å². The first kappa shape index (κ1) is 14.6. The topological polar surface area (TPSA) is 68.3 Å². The quantitative estimate of drug-likeness (QED) is 0.727. The summed E-state index contributed by atoms with van der Waals surface area (Å²) in [6.45, 7) is 1.53. The highest BCUT2D eigenvalue weighted by atomic mass is 16.1. The summed E-state index contributed by atoms with van der Waals surface area (Å²) in [5.74, 6) is 1.40. The van der Waals surface area contributed by atoms with Crippen LogP contribution in [0.15, 0.2) is 41.3 Å². The van der Waals surface area contributed by atoms with E-state index in [0.29, 0.717) is 12.5 Å². The van der Waals surface area contributed by atoms with Crippen LogP contribution in [-0.4, -0.2) is 37.0 Å². The Kier molecular flexibility index (Phi) is 3.33. The molecule has 0 bridgehead atoms. The molecular formula is C18H20N6O. The fraction of sp³-hybridized carbons (Fsp3) is 0.444. The number of nitrogens with zero attached hydrogens (tertiary/aromatic N) is 6. The lowest BCUT2D eigenvalue weighted by molar-refractivity contribution is 0.478. The first-order valence-electron chi connectivity index (χ1n) is 8.94. The minimum Gasteiger partial charge on any atom is -0.336 e. The summed E-state index contributed by atoms with van der Waals surface area (Å²) in [4.78, 5) is 14.5. The molecule has 1 saturated heterocycles. The number of pyridine rings is 1. The Morgan fingerprint density at radius 2 is 2.00 bits per heavy atom. The second kappa shape index (κ2) is 5.68. The van der Waals surface area contributed by atoms with E-state index in [-0.39, 0.29) is 11.6 Å². The lowest BCUT2D eigenvalue weighted by Gasteiger charge is -2.24. The van der Waals surface area contributed by atoms with Crippen LogP contribution in [0, 0.1) is 0 Å². The molecule has 7 heteroatoms. The van der Waals surface area contributed by atoms with Gasteiger partial charge in [-0.25, -0.2) is 4.68 Å². The molecule has 0 amide bonds. The van der Waals surface area contributed by atoms with Gasteiger partial charge in [0.25, 0.3) is 5.56 Å². The maximum atomic E-state index is 12.3. The van der Waals surface area contributed by atoms with Crippen molar-refractivity contribution in [2.45, 2.75) is 44.2 Å². The maximum absolute atomic E-state index is 12.3. The van der Waals surface area contributed by atoms with Gasteiger partial charge in [-0.1, -0.05) is 6.07 Å². The molecule has 128 valence electrons. The lowest BCUT2D eigenvalue weighted by Crippen LogP contribution is -2.38. The van der Waals surface area contributed by atoms with Crippen molar-refractivity contribution in [3.05, 3.63) is 52.6 Å². The van der Waals surface area contributed by atoms with Gasteiger partial charge in [0.05, 0.1) is 18.3 Å². The minimum atomic E-state index is -0.0256. The van der Waals surface area contributed by atoms with Crippen molar-refractivity contribution in [1.82, 2.24) is 24.4 Å². The van der Waals surface area contributed by atoms with E-state index in [1.54, 1.807) is 10.7 Å². The molecule has 1 aliphatic carbocycles. The van der Waals surface area contributed by atoms with Gasteiger partial charge in [-0.15, -0.1) is 10.2 Å². The Morgan fingerprint density at radius 3 is 2.88 bits per heavy atom. The van der Waals surface area contributed by atoms with Gasteiger partial charge in [0, 0.05) is 24.7 Å². The molecule has 1 atom stereocenters. The van der Waals surface area contributed by atoms with Gasteiger partial charge in [0.15, 0.2) is 5.65 Å². The third kappa shape index (κ3) is 2.59. The van der Waals surface area contributed by atoms with Gasteiger partial charge < -0.3 is 4.90 Å². The molecular weight excluding hydrogens is 316 g/mol. The molecule has 3 aromatic rings. The van der Waals surface area contributed by atoms with Crippen molar-refractivity contribution in [3.8, 4) is 0 Å².